The number of nitrogens with zero attached hydrogens (tertiary/aromatic N) is 1. The summed E-state index contributed by atoms with van der Waals surface area (Å²) in [6, 6.07) is 3.27. The number of nitrogens with one attached hydrogen (secondary N) is 1. The fourth-order valence-corrected chi connectivity index (χ4v) is 2.95. The van der Waals surface area contributed by atoms with Crippen molar-refractivity contribution in [3.63, 3.8) is 0 Å². The zero-order valence-electron chi connectivity index (χ0n) is 13.7. The third kappa shape index (κ3) is 4.58. The second kappa shape index (κ2) is 8.15. The molecular weight excluding hydrogens is 296 g/mol. The Morgan fingerprint density at radius 3 is 2.70 bits per heavy atom. The van der Waals surface area contributed by atoms with Crippen molar-refractivity contribution in [2.24, 2.45) is 5.41 Å². The van der Waals surface area contributed by atoms with Gasteiger partial charge in [0.05, 0.1) is 6.26 Å². The molecule has 1 aliphatic rings. The van der Waals surface area contributed by atoms with Crippen LogP contribution in [-0.2, 0) is 4.79 Å². The molecule has 2 rings (SSSR count). The third-order valence-corrected chi connectivity index (χ3v) is 4.86. The molecule has 1 aliphatic heterocycles. The fraction of sp³-hybridized carbons (Fsp3) is 0.647. The molecule has 2 heterocycles. The molecule has 6 heteroatoms. The van der Waals surface area contributed by atoms with Gasteiger partial charge in [-0.05, 0) is 43.2 Å². The Labute approximate surface area is 136 Å². The van der Waals surface area contributed by atoms with E-state index in [4.69, 9.17) is 4.42 Å². The topological polar surface area (TPSA) is 82.8 Å². The Balaban J connectivity index is 1.65. The zero-order valence-corrected chi connectivity index (χ0v) is 13.7. The predicted octanol–water partition coefficient (Wildman–Crippen LogP) is 1.80. The quantitative estimate of drug-likeness (QED) is 0.750. The lowest BCUT2D eigenvalue weighted by Crippen LogP contribution is -2.44. The van der Waals surface area contributed by atoms with E-state index in [1.807, 2.05) is 4.90 Å². The van der Waals surface area contributed by atoms with Crippen molar-refractivity contribution in [3.8, 4) is 0 Å². The summed E-state index contributed by atoms with van der Waals surface area (Å²) in [7, 11) is 0. The van der Waals surface area contributed by atoms with Crippen LogP contribution in [0.1, 0.15) is 49.6 Å². The van der Waals surface area contributed by atoms with Gasteiger partial charge in [-0.15, -0.1) is 0 Å². The van der Waals surface area contributed by atoms with E-state index >= 15 is 0 Å². The number of carbonyl (C=O) groups excluding carboxylic acids is 2. The number of hydrogen-bond donors (Lipinski definition) is 2. The van der Waals surface area contributed by atoms with Crippen LogP contribution in [0.3, 0.4) is 0 Å². The predicted molar refractivity (Wildman–Crippen MR) is 85.9 cm³/mol. The standard InChI is InChI=1S/C17H26N2O4/c1-2-17(13-20)7-10-19(11-8-17)15(21)6-3-9-18-16(22)14-5-4-12-23-14/h4-5,12,20H,2-3,6-11,13H2,1H3,(H,18,22). The van der Waals surface area contributed by atoms with Crippen LogP contribution in [-0.4, -0.2) is 48.1 Å². The molecule has 2 amide bonds. The monoisotopic (exact) mass is 322 g/mol. The van der Waals surface area contributed by atoms with Crippen LogP contribution in [0.5, 0.6) is 0 Å². The summed E-state index contributed by atoms with van der Waals surface area (Å²) in [4.78, 5) is 25.7. The molecule has 2 N–H and O–H groups in total. The smallest absolute Gasteiger partial charge is 0.286 e. The van der Waals surface area contributed by atoms with E-state index in [1.165, 1.54) is 6.26 Å². The van der Waals surface area contributed by atoms with Gasteiger partial charge in [0.2, 0.25) is 5.91 Å². The number of furan rings is 1. The van der Waals surface area contributed by atoms with E-state index < -0.39 is 0 Å². The lowest BCUT2D eigenvalue weighted by Gasteiger charge is -2.40. The average molecular weight is 322 g/mol. The minimum absolute atomic E-state index is 0.00616. The second-order valence-corrected chi connectivity index (χ2v) is 6.23. The molecule has 6 nitrogen and oxygen atoms in total. The number of rotatable bonds is 7. The first-order valence-corrected chi connectivity index (χ1v) is 8.30. The summed E-state index contributed by atoms with van der Waals surface area (Å²) < 4.78 is 5.00. The molecule has 0 unspecified atom stereocenters. The fourth-order valence-electron chi connectivity index (χ4n) is 2.95. The van der Waals surface area contributed by atoms with Crippen LogP contribution in [0.15, 0.2) is 22.8 Å². The first-order chi connectivity index (χ1) is 11.1. The van der Waals surface area contributed by atoms with E-state index in [2.05, 4.69) is 12.2 Å². The molecule has 1 aromatic heterocycles. The normalized spacial score (nSPS) is 17.0. The number of hydrogen-bond acceptors (Lipinski definition) is 4. The molecule has 0 atom stereocenters. The van der Waals surface area contributed by atoms with Gasteiger partial charge in [0.15, 0.2) is 5.76 Å². The summed E-state index contributed by atoms with van der Waals surface area (Å²) >= 11 is 0. The summed E-state index contributed by atoms with van der Waals surface area (Å²) in [5, 5.41) is 12.3. The molecule has 0 aliphatic carbocycles. The van der Waals surface area contributed by atoms with E-state index in [1.54, 1.807) is 12.1 Å². The maximum Gasteiger partial charge on any atom is 0.286 e. The van der Waals surface area contributed by atoms with Gasteiger partial charge >= 0.3 is 0 Å². The zero-order chi connectivity index (χ0) is 16.7. The first-order valence-electron chi connectivity index (χ1n) is 8.30. The van der Waals surface area contributed by atoms with Crippen LogP contribution in [0.2, 0.25) is 0 Å². The Morgan fingerprint density at radius 2 is 2.13 bits per heavy atom. The highest BCUT2D eigenvalue weighted by Gasteiger charge is 2.33. The lowest BCUT2D eigenvalue weighted by molar-refractivity contribution is -0.134. The molecular formula is C17H26N2O4. The summed E-state index contributed by atoms with van der Waals surface area (Å²) in [6.45, 7) is 4.17. The van der Waals surface area contributed by atoms with Crippen molar-refractivity contribution in [2.75, 3.05) is 26.2 Å². The Bertz CT molecular complexity index is 499. The van der Waals surface area contributed by atoms with Gasteiger partial charge in [-0.3, -0.25) is 9.59 Å². The maximum atomic E-state index is 12.2. The van der Waals surface area contributed by atoms with E-state index in [9.17, 15) is 14.7 Å². The summed E-state index contributed by atoms with van der Waals surface area (Å²) in [5.41, 5.74) is -0.00616. The Hall–Kier alpha value is -1.82. The van der Waals surface area contributed by atoms with E-state index in [-0.39, 0.29) is 29.6 Å². The van der Waals surface area contributed by atoms with Gasteiger partial charge in [0.25, 0.3) is 5.91 Å². The highest BCUT2D eigenvalue weighted by Crippen LogP contribution is 2.34. The first kappa shape index (κ1) is 17.5. The number of likely N-dealkylation sites (tertiary alicyclic amines) is 1. The molecule has 1 aromatic rings. The molecule has 0 aromatic carbocycles. The Kier molecular flexibility index (Phi) is 6.21. The third-order valence-electron chi connectivity index (χ3n) is 4.86. The number of aliphatic hydroxyl groups is 1. The van der Waals surface area contributed by atoms with Crippen molar-refractivity contribution >= 4 is 11.8 Å². The number of piperidine rings is 1. The SMILES string of the molecule is CCC1(CO)CCN(C(=O)CCCNC(=O)c2ccco2)CC1. The van der Waals surface area contributed by atoms with E-state index in [0.717, 1.165) is 19.3 Å². The van der Waals surface area contributed by atoms with E-state index in [0.29, 0.717) is 32.5 Å². The average Bonchev–Trinajstić information content (AvgIpc) is 3.13. The maximum absolute atomic E-state index is 12.2. The minimum atomic E-state index is -0.254. The number of carbonyl (C=O) groups is 2. The lowest BCUT2D eigenvalue weighted by atomic mass is 9.77. The number of aliphatic hydroxyl groups excluding tert-OH is 1. The van der Waals surface area contributed by atoms with Crippen molar-refractivity contribution in [1.82, 2.24) is 10.2 Å². The molecule has 0 spiro atoms. The van der Waals surface area contributed by atoms with Crippen LogP contribution in [0.25, 0.3) is 0 Å². The number of amides is 2. The van der Waals surface area contributed by atoms with Crippen molar-refractivity contribution < 1.29 is 19.1 Å². The molecule has 0 bridgehead atoms. The van der Waals surface area contributed by atoms with Gasteiger partial charge in [0.1, 0.15) is 0 Å². The molecule has 1 fully saturated rings. The molecule has 0 saturated carbocycles. The highest BCUT2D eigenvalue weighted by molar-refractivity contribution is 5.91. The second-order valence-electron chi connectivity index (χ2n) is 6.23. The van der Waals surface area contributed by atoms with Crippen LogP contribution in [0, 0.1) is 5.41 Å². The molecule has 128 valence electrons. The van der Waals surface area contributed by atoms with Crippen molar-refractivity contribution in [3.05, 3.63) is 24.2 Å². The van der Waals surface area contributed by atoms with Crippen LogP contribution < -0.4 is 5.32 Å². The van der Waals surface area contributed by atoms with Gasteiger partial charge in [-0.25, -0.2) is 0 Å². The van der Waals surface area contributed by atoms with Gasteiger partial charge in [0, 0.05) is 32.7 Å². The summed E-state index contributed by atoms with van der Waals surface area (Å²) in [5.74, 6) is 0.156. The van der Waals surface area contributed by atoms with Crippen molar-refractivity contribution in [1.29, 1.82) is 0 Å². The molecule has 0 radical (unpaired) electrons. The minimum Gasteiger partial charge on any atom is -0.459 e. The molecule has 23 heavy (non-hydrogen) atoms. The van der Waals surface area contributed by atoms with Crippen LogP contribution >= 0.6 is 0 Å². The van der Waals surface area contributed by atoms with Crippen LogP contribution in [0.4, 0.5) is 0 Å². The largest absolute Gasteiger partial charge is 0.459 e. The Morgan fingerprint density at radius 1 is 1.39 bits per heavy atom. The van der Waals surface area contributed by atoms with Gasteiger partial charge in [-0.1, -0.05) is 6.92 Å². The van der Waals surface area contributed by atoms with Gasteiger partial charge < -0.3 is 19.7 Å². The summed E-state index contributed by atoms with van der Waals surface area (Å²) in [6.07, 6.45) is 5.17. The molecule has 1 saturated heterocycles. The highest BCUT2D eigenvalue weighted by atomic mass is 16.3. The van der Waals surface area contributed by atoms with Crippen molar-refractivity contribution in [2.45, 2.75) is 39.0 Å². The van der Waals surface area contributed by atoms with Gasteiger partial charge in [-0.2, -0.15) is 0 Å².